The van der Waals surface area contributed by atoms with Crippen molar-refractivity contribution in [2.24, 2.45) is 5.92 Å². The minimum Gasteiger partial charge on any atom is -0.349 e. The number of amides is 1. The Balaban J connectivity index is 1.48. The zero-order chi connectivity index (χ0) is 17.6. The number of likely N-dealkylation sites (tertiary alicyclic amines) is 1. The van der Waals surface area contributed by atoms with Gasteiger partial charge in [-0.2, -0.15) is 0 Å². The molecule has 1 heterocycles. The van der Waals surface area contributed by atoms with E-state index in [1.807, 2.05) is 42.5 Å². The van der Waals surface area contributed by atoms with Crippen LogP contribution in [0, 0.1) is 12.8 Å². The third-order valence-electron chi connectivity index (χ3n) is 4.50. The predicted octanol–water partition coefficient (Wildman–Crippen LogP) is 4.04. The number of thiocarbonyl (C=S) groups is 1. The van der Waals surface area contributed by atoms with Gasteiger partial charge in [0.15, 0.2) is 5.11 Å². The van der Waals surface area contributed by atoms with Gasteiger partial charge in [0.1, 0.15) is 0 Å². The zero-order valence-electron chi connectivity index (χ0n) is 14.4. The van der Waals surface area contributed by atoms with Crippen LogP contribution < -0.4 is 10.6 Å². The minimum absolute atomic E-state index is 0.0404. The van der Waals surface area contributed by atoms with Crippen LogP contribution in [0.15, 0.2) is 54.6 Å². The molecule has 2 aromatic rings. The highest BCUT2D eigenvalue weighted by molar-refractivity contribution is 7.80. The number of carbonyl (C=O) groups excluding carboxylic acids is 1. The Morgan fingerprint density at radius 2 is 1.56 bits per heavy atom. The van der Waals surface area contributed by atoms with Crippen LogP contribution in [0.4, 0.5) is 11.4 Å². The summed E-state index contributed by atoms with van der Waals surface area (Å²) in [6, 6.07) is 17.8. The summed E-state index contributed by atoms with van der Waals surface area (Å²) in [5, 5.41) is 7.00. The van der Waals surface area contributed by atoms with Gasteiger partial charge in [-0.3, -0.25) is 4.79 Å². The zero-order valence-corrected chi connectivity index (χ0v) is 15.2. The summed E-state index contributed by atoms with van der Waals surface area (Å²) in [5.74, 6) is 0.141. The lowest BCUT2D eigenvalue weighted by Crippen LogP contribution is -2.43. The topological polar surface area (TPSA) is 44.4 Å². The molecule has 0 radical (unpaired) electrons. The van der Waals surface area contributed by atoms with Crippen molar-refractivity contribution in [3.8, 4) is 0 Å². The van der Waals surface area contributed by atoms with Gasteiger partial charge in [-0.1, -0.05) is 35.9 Å². The van der Waals surface area contributed by atoms with Crippen LogP contribution in [-0.2, 0) is 4.79 Å². The van der Waals surface area contributed by atoms with E-state index in [0.717, 1.165) is 42.4 Å². The van der Waals surface area contributed by atoms with Crippen molar-refractivity contribution in [3.05, 3.63) is 60.2 Å². The first-order valence-corrected chi connectivity index (χ1v) is 9.01. The summed E-state index contributed by atoms with van der Waals surface area (Å²) >= 11 is 5.51. The average molecular weight is 353 g/mol. The molecule has 0 bridgehead atoms. The van der Waals surface area contributed by atoms with Crippen molar-refractivity contribution in [3.63, 3.8) is 0 Å². The maximum absolute atomic E-state index is 12.4. The third kappa shape index (κ3) is 4.79. The highest BCUT2D eigenvalue weighted by Gasteiger charge is 2.26. The predicted molar refractivity (Wildman–Crippen MR) is 107 cm³/mol. The van der Waals surface area contributed by atoms with Crippen molar-refractivity contribution in [1.82, 2.24) is 4.90 Å². The van der Waals surface area contributed by atoms with Crippen molar-refractivity contribution >= 4 is 34.6 Å². The Bertz CT molecular complexity index is 722. The molecule has 1 aliphatic rings. The quantitative estimate of drug-likeness (QED) is 0.818. The summed E-state index contributed by atoms with van der Waals surface area (Å²) in [6.45, 7) is 3.66. The van der Waals surface area contributed by atoms with Gasteiger partial charge in [-0.25, -0.2) is 0 Å². The van der Waals surface area contributed by atoms with Crippen LogP contribution in [0.25, 0.3) is 0 Å². The second-order valence-electron chi connectivity index (χ2n) is 6.41. The maximum atomic E-state index is 12.4. The smallest absolute Gasteiger partial charge is 0.227 e. The van der Waals surface area contributed by atoms with Crippen LogP contribution in [0.1, 0.15) is 18.4 Å². The summed E-state index contributed by atoms with van der Waals surface area (Å²) in [7, 11) is 0. The number of hydrogen-bond donors (Lipinski definition) is 2. The average Bonchev–Trinajstić information content (AvgIpc) is 2.64. The number of rotatable bonds is 3. The van der Waals surface area contributed by atoms with E-state index in [1.165, 1.54) is 5.56 Å². The standard InChI is InChI=1S/C20H23N3OS/c1-15-7-9-18(10-8-15)22-20(25)23-13-11-16(12-14-23)19(24)21-17-5-3-2-4-6-17/h2-10,16H,11-14H2,1H3,(H,21,24)(H,22,25). The van der Waals surface area contributed by atoms with E-state index in [1.54, 1.807) is 0 Å². The molecule has 1 amide bonds. The summed E-state index contributed by atoms with van der Waals surface area (Å²) in [5.41, 5.74) is 3.08. The van der Waals surface area contributed by atoms with Gasteiger partial charge in [-0.15, -0.1) is 0 Å². The first kappa shape index (κ1) is 17.4. The molecule has 5 heteroatoms. The molecular weight excluding hydrogens is 330 g/mol. The fraction of sp³-hybridized carbons (Fsp3) is 0.300. The van der Waals surface area contributed by atoms with Gasteiger partial charge in [0.05, 0.1) is 0 Å². The van der Waals surface area contributed by atoms with Crippen LogP contribution in [-0.4, -0.2) is 29.0 Å². The maximum Gasteiger partial charge on any atom is 0.227 e. The molecule has 25 heavy (non-hydrogen) atoms. The molecule has 0 aliphatic carbocycles. The summed E-state index contributed by atoms with van der Waals surface area (Å²) < 4.78 is 0. The number of benzene rings is 2. The molecule has 1 aliphatic heterocycles. The number of anilines is 2. The first-order chi connectivity index (χ1) is 12.1. The van der Waals surface area contributed by atoms with E-state index in [-0.39, 0.29) is 11.8 Å². The highest BCUT2D eigenvalue weighted by Crippen LogP contribution is 2.20. The minimum atomic E-state index is 0.0404. The molecule has 4 nitrogen and oxygen atoms in total. The van der Waals surface area contributed by atoms with Gasteiger partial charge in [-0.05, 0) is 56.2 Å². The molecule has 2 aromatic carbocycles. The Hall–Kier alpha value is -2.40. The Morgan fingerprint density at radius 3 is 2.20 bits per heavy atom. The van der Waals surface area contributed by atoms with Gasteiger partial charge in [0.25, 0.3) is 0 Å². The SMILES string of the molecule is Cc1ccc(NC(=S)N2CCC(C(=O)Nc3ccccc3)CC2)cc1. The number of nitrogens with one attached hydrogen (secondary N) is 2. The molecule has 1 fully saturated rings. The summed E-state index contributed by atoms with van der Waals surface area (Å²) in [4.78, 5) is 14.5. The Labute approximate surface area is 154 Å². The second-order valence-corrected chi connectivity index (χ2v) is 6.80. The van der Waals surface area contributed by atoms with E-state index >= 15 is 0 Å². The van der Waals surface area contributed by atoms with Gasteiger partial charge in [0.2, 0.25) is 5.91 Å². The molecule has 1 saturated heterocycles. The van der Waals surface area contributed by atoms with E-state index in [2.05, 4.69) is 34.6 Å². The van der Waals surface area contributed by atoms with Crippen molar-refractivity contribution < 1.29 is 4.79 Å². The fourth-order valence-corrected chi connectivity index (χ4v) is 3.25. The highest BCUT2D eigenvalue weighted by atomic mass is 32.1. The van der Waals surface area contributed by atoms with Crippen LogP contribution in [0.2, 0.25) is 0 Å². The fourth-order valence-electron chi connectivity index (χ4n) is 2.95. The number of para-hydroxylation sites is 1. The van der Waals surface area contributed by atoms with Crippen LogP contribution in [0.5, 0.6) is 0 Å². The lowest BCUT2D eigenvalue weighted by Gasteiger charge is -2.33. The van der Waals surface area contributed by atoms with Crippen molar-refractivity contribution in [1.29, 1.82) is 0 Å². The van der Waals surface area contributed by atoms with Crippen molar-refractivity contribution in [2.75, 3.05) is 23.7 Å². The molecule has 3 rings (SSSR count). The molecule has 0 aromatic heterocycles. The van der Waals surface area contributed by atoms with Gasteiger partial charge in [0, 0.05) is 30.4 Å². The number of aryl methyl sites for hydroxylation is 1. The van der Waals surface area contributed by atoms with E-state index < -0.39 is 0 Å². The second kappa shape index (κ2) is 8.12. The lowest BCUT2D eigenvalue weighted by atomic mass is 9.96. The number of carbonyl (C=O) groups is 1. The Kier molecular flexibility index (Phi) is 5.66. The van der Waals surface area contributed by atoms with E-state index in [4.69, 9.17) is 12.2 Å². The van der Waals surface area contributed by atoms with Crippen LogP contribution >= 0.6 is 12.2 Å². The molecule has 0 unspecified atom stereocenters. The molecule has 130 valence electrons. The van der Waals surface area contributed by atoms with Gasteiger partial charge < -0.3 is 15.5 Å². The van der Waals surface area contributed by atoms with E-state index in [0.29, 0.717) is 0 Å². The molecule has 0 saturated carbocycles. The molecule has 0 atom stereocenters. The molecule has 0 spiro atoms. The van der Waals surface area contributed by atoms with Crippen molar-refractivity contribution in [2.45, 2.75) is 19.8 Å². The lowest BCUT2D eigenvalue weighted by molar-refractivity contribution is -0.120. The van der Waals surface area contributed by atoms with Gasteiger partial charge >= 0.3 is 0 Å². The number of piperidine rings is 1. The molecular formula is C20H23N3OS. The Morgan fingerprint density at radius 1 is 0.960 bits per heavy atom. The normalized spacial score (nSPS) is 14.8. The van der Waals surface area contributed by atoms with E-state index in [9.17, 15) is 4.79 Å². The first-order valence-electron chi connectivity index (χ1n) is 8.60. The summed E-state index contributed by atoms with van der Waals surface area (Å²) in [6.07, 6.45) is 1.63. The monoisotopic (exact) mass is 353 g/mol. The molecule has 2 N–H and O–H groups in total. The third-order valence-corrected chi connectivity index (χ3v) is 4.86. The number of hydrogen-bond acceptors (Lipinski definition) is 2. The van der Waals surface area contributed by atoms with Crippen LogP contribution in [0.3, 0.4) is 0 Å². The number of nitrogens with zero attached hydrogens (tertiary/aromatic N) is 1. The largest absolute Gasteiger partial charge is 0.349 e.